The number of nitrogens with zero attached hydrogens (tertiary/aromatic N) is 3. The first-order valence-electron chi connectivity index (χ1n) is 11.6. The molecule has 2 fully saturated rings. The second-order valence-corrected chi connectivity index (χ2v) is 10.4. The Bertz CT molecular complexity index is 1190. The SMILES string of the molecule is Cn1ncc(NC(O)c2csc(-c3ccc(C4(C)COC4)cc3F)n2)c1[C@@H]1CC[C@@H](N)[C@H](F)CO1. The quantitative estimate of drug-likeness (QED) is 0.440. The fraction of sp³-hybridized carbons (Fsp3) is 0.500. The number of alkyl halides is 1. The maximum atomic E-state index is 14.9. The number of hydrogen-bond donors (Lipinski definition) is 3. The molecule has 2 aliphatic heterocycles. The largest absolute Gasteiger partial charge is 0.379 e. The maximum Gasteiger partial charge on any atom is 0.169 e. The zero-order chi connectivity index (χ0) is 24.7. The monoisotopic (exact) mass is 505 g/mol. The molecule has 2 aromatic heterocycles. The Morgan fingerprint density at radius 3 is 2.86 bits per heavy atom. The lowest BCUT2D eigenvalue weighted by atomic mass is 9.80. The van der Waals surface area contributed by atoms with Gasteiger partial charge in [-0.1, -0.05) is 13.0 Å². The molecule has 0 aliphatic carbocycles. The first kappa shape index (κ1) is 24.3. The van der Waals surface area contributed by atoms with Crippen LogP contribution >= 0.6 is 11.3 Å². The van der Waals surface area contributed by atoms with Crippen LogP contribution in [0.25, 0.3) is 10.6 Å². The molecule has 0 saturated carbocycles. The van der Waals surface area contributed by atoms with Crippen LogP contribution in [0.4, 0.5) is 14.5 Å². The lowest BCUT2D eigenvalue weighted by molar-refractivity contribution is -0.0501. The van der Waals surface area contributed by atoms with Crippen molar-refractivity contribution in [2.75, 3.05) is 25.1 Å². The van der Waals surface area contributed by atoms with Crippen LogP contribution in [0.3, 0.4) is 0 Å². The van der Waals surface area contributed by atoms with Crippen molar-refractivity contribution in [2.24, 2.45) is 12.8 Å². The van der Waals surface area contributed by atoms with Crippen molar-refractivity contribution in [1.29, 1.82) is 0 Å². The number of nitrogens with one attached hydrogen (secondary N) is 1. The van der Waals surface area contributed by atoms with E-state index in [0.29, 0.717) is 53.7 Å². The van der Waals surface area contributed by atoms with E-state index in [2.05, 4.69) is 15.4 Å². The van der Waals surface area contributed by atoms with Crippen LogP contribution in [0.1, 0.15) is 49.0 Å². The van der Waals surface area contributed by atoms with Gasteiger partial charge in [0.25, 0.3) is 0 Å². The lowest BCUT2D eigenvalue weighted by Crippen LogP contribution is -2.43. The molecule has 0 spiro atoms. The molecule has 11 heteroatoms. The second kappa shape index (κ2) is 9.55. The highest BCUT2D eigenvalue weighted by molar-refractivity contribution is 7.13. The zero-order valence-corrected chi connectivity index (χ0v) is 20.4. The minimum absolute atomic E-state index is 0.0923. The van der Waals surface area contributed by atoms with Gasteiger partial charge in [-0.25, -0.2) is 13.8 Å². The van der Waals surface area contributed by atoms with E-state index in [1.165, 1.54) is 17.4 Å². The second-order valence-electron chi connectivity index (χ2n) is 9.52. The Morgan fingerprint density at radius 2 is 2.14 bits per heavy atom. The summed E-state index contributed by atoms with van der Waals surface area (Å²) in [5.41, 5.74) is 8.57. The van der Waals surface area contributed by atoms with Gasteiger partial charge in [0, 0.05) is 29.4 Å². The van der Waals surface area contributed by atoms with Gasteiger partial charge in [-0.05, 0) is 30.5 Å². The third kappa shape index (κ3) is 4.70. The first-order valence-corrected chi connectivity index (χ1v) is 12.4. The number of nitrogens with two attached hydrogens (primary N) is 1. The number of aromatic nitrogens is 3. The molecular formula is C24H29F2N5O3S. The van der Waals surface area contributed by atoms with E-state index in [1.807, 2.05) is 13.0 Å². The van der Waals surface area contributed by atoms with E-state index in [1.54, 1.807) is 29.4 Å². The first-order chi connectivity index (χ1) is 16.7. The summed E-state index contributed by atoms with van der Waals surface area (Å²) in [6, 6.07) is 4.60. The van der Waals surface area contributed by atoms with E-state index in [4.69, 9.17) is 15.2 Å². The third-order valence-corrected chi connectivity index (χ3v) is 7.70. The molecule has 8 nitrogen and oxygen atoms in total. The van der Waals surface area contributed by atoms with Crippen molar-refractivity contribution < 1.29 is 23.4 Å². The Morgan fingerprint density at radius 1 is 1.34 bits per heavy atom. The average molecular weight is 506 g/mol. The Hall–Kier alpha value is -2.44. The van der Waals surface area contributed by atoms with Crippen molar-refractivity contribution in [3.63, 3.8) is 0 Å². The average Bonchev–Trinajstić information content (AvgIpc) is 3.40. The van der Waals surface area contributed by atoms with Gasteiger partial charge >= 0.3 is 0 Å². The standard InChI is InChI=1S/C24H29F2N5O3S/c1-24(11-33-12-24)13-3-4-14(15(25)7-13)23-30-19(10-35-23)22(32)29-18-8-28-31(2)21(18)20-6-5-17(27)16(26)9-34-20/h3-4,7-8,10,16-17,20,22,29,32H,5-6,9,11-12,27H2,1-2H3/t16-,17-,20+,22?/m1/s1. The summed E-state index contributed by atoms with van der Waals surface area (Å²) in [5, 5.41) is 20.3. The van der Waals surface area contributed by atoms with Crippen molar-refractivity contribution >= 4 is 17.0 Å². The van der Waals surface area contributed by atoms with E-state index in [9.17, 15) is 13.9 Å². The van der Waals surface area contributed by atoms with E-state index in [-0.39, 0.29) is 17.8 Å². The van der Waals surface area contributed by atoms with Crippen molar-refractivity contribution in [2.45, 2.75) is 49.7 Å². The minimum Gasteiger partial charge on any atom is -0.379 e. The van der Waals surface area contributed by atoms with Crippen LogP contribution in [0.5, 0.6) is 0 Å². The molecule has 4 N–H and O–H groups in total. The molecule has 35 heavy (non-hydrogen) atoms. The predicted octanol–water partition coefficient (Wildman–Crippen LogP) is 3.59. The van der Waals surface area contributed by atoms with Crippen molar-refractivity contribution in [1.82, 2.24) is 14.8 Å². The number of thiazole rings is 1. The van der Waals surface area contributed by atoms with Crippen LogP contribution in [0.15, 0.2) is 29.8 Å². The summed E-state index contributed by atoms with van der Waals surface area (Å²) < 4.78 is 41.6. The molecule has 4 heterocycles. The van der Waals surface area contributed by atoms with Gasteiger partial charge in [-0.3, -0.25) is 4.68 Å². The number of ether oxygens (including phenoxy) is 2. The summed E-state index contributed by atoms with van der Waals surface area (Å²) in [4.78, 5) is 4.46. The van der Waals surface area contributed by atoms with Crippen LogP contribution in [0, 0.1) is 5.82 Å². The maximum absolute atomic E-state index is 14.9. The summed E-state index contributed by atoms with van der Waals surface area (Å²) in [6.45, 7) is 3.11. The van der Waals surface area contributed by atoms with Crippen LogP contribution in [-0.4, -0.2) is 51.9 Å². The van der Waals surface area contributed by atoms with Gasteiger partial charge in [0.15, 0.2) is 6.23 Å². The normalized spacial score (nSPS) is 25.0. The smallest absolute Gasteiger partial charge is 0.169 e. The molecular weight excluding hydrogens is 476 g/mol. The van der Waals surface area contributed by atoms with Gasteiger partial charge in [-0.15, -0.1) is 11.3 Å². The van der Waals surface area contributed by atoms with Gasteiger partial charge in [0.2, 0.25) is 0 Å². The molecule has 2 aliphatic rings. The lowest BCUT2D eigenvalue weighted by Gasteiger charge is -2.38. The van der Waals surface area contributed by atoms with Gasteiger partial charge in [0.05, 0.1) is 37.4 Å². The highest BCUT2D eigenvalue weighted by atomic mass is 32.1. The van der Waals surface area contributed by atoms with Gasteiger partial charge in [0.1, 0.15) is 28.8 Å². The van der Waals surface area contributed by atoms with Crippen LogP contribution in [-0.2, 0) is 21.9 Å². The zero-order valence-electron chi connectivity index (χ0n) is 19.6. The number of aryl methyl sites for hydroxylation is 1. The van der Waals surface area contributed by atoms with Crippen molar-refractivity contribution in [3.05, 3.63) is 52.5 Å². The Balaban J connectivity index is 1.32. The Kier molecular flexibility index (Phi) is 6.62. The molecule has 188 valence electrons. The van der Waals surface area contributed by atoms with E-state index < -0.39 is 24.5 Å². The van der Waals surface area contributed by atoms with Gasteiger partial charge < -0.3 is 25.6 Å². The van der Waals surface area contributed by atoms with Crippen molar-refractivity contribution in [3.8, 4) is 10.6 Å². The minimum atomic E-state index is -1.22. The number of aliphatic hydroxyl groups is 1. The molecule has 3 aromatic rings. The number of halogens is 2. The molecule has 1 aromatic carbocycles. The fourth-order valence-corrected chi connectivity index (χ4v) is 5.36. The number of benzene rings is 1. The summed E-state index contributed by atoms with van der Waals surface area (Å²) in [7, 11) is 1.76. The van der Waals surface area contributed by atoms with Crippen LogP contribution < -0.4 is 11.1 Å². The van der Waals surface area contributed by atoms with Gasteiger partial charge in [-0.2, -0.15) is 5.10 Å². The predicted molar refractivity (Wildman–Crippen MR) is 128 cm³/mol. The van der Waals surface area contributed by atoms with E-state index >= 15 is 0 Å². The molecule has 4 atom stereocenters. The summed E-state index contributed by atoms with van der Waals surface area (Å²) >= 11 is 1.25. The topological polar surface area (TPSA) is 107 Å². The number of hydrogen-bond acceptors (Lipinski definition) is 8. The number of anilines is 1. The molecule has 2 saturated heterocycles. The molecule has 5 rings (SSSR count). The summed E-state index contributed by atoms with van der Waals surface area (Å²) in [5.74, 6) is -0.358. The number of rotatable bonds is 6. The Labute approximate surface area is 206 Å². The molecule has 1 unspecified atom stereocenters. The molecule has 0 amide bonds. The fourth-order valence-electron chi connectivity index (χ4n) is 4.49. The highest BCUT2D eigenvalue weighted by Gasteiger charge is 2.36. The summed E-state index contributed by atoms with van der Waals surface area (Å²) in [6.07, 6.45) is -0.194. The van der Waals surface area contributed by atoms with E-state index in [0.717, 1.165) is 5.56 Å². The highest BCUT2D eigenvalue weighted by Crippen LogP contribution is 2.37. The number of aliphatic hydroxyl groups excluding tert-OH is 1. The molecule has 0 radical (unpaired) electrons. The molecule has 0 bridgehead atoms. The van der Waals surface area contributed by atoms with Crippen LogP contribution in [0.2, 0.25) is 0 Å². The third-order valence-electron chi connectivity index (χ3n) is 6.81.